The fourth-order valence-corrected chi connectivity index (χ4v) is 1.92. The average Bonchev–Trinajstić information content (AvgIpc) is 2.36. The van der Waals surface area contributed by atoms with Gasteiger partial charge < -0.3 is 4.52 Å². The lowest BCUT2D eigenvalue weighted by atomic mass is 10.4. The fraction of sp³-hybridized carbons (Fsp3) is 0.250. The van der Waals surface area contributed by atoms with Crippen molar-refractivity contribution in [2.24, 2.45) is 0 Å². The predicted molar refractivity (Wildman–Crippen MR) is 30.5 cm³/mol. The van der Waals surface area contributed by atoms with Crippen molar-refractivity contribution in [1.82, 2.24) is 9.88 Å². The van der Waals surface area contributed by atoms with Gasteiger partial charge in [-0.25, -0.2) is 13.1 Å². The highest BCUT2D eigenvalue weighted by Crippen LogP contribution is 2.18. The number of nitrogens with one attached hydrogen (secondary N) is 1. The van der Waals surface area contributed by atoms with Crippen molar-refractivity contribution in [1.29, 1.82) is 0 Å². The van der Waals surface area contributed by atoms with E-state index < -0.39 is 10.0 Å². The molecule has 0 saturated carbocycles. The van der Waals surface area contributed by atoms with E-state index in [1.165, 1.54) is 6.26 Å². The van der Waals surface area contributed by atoms with Gasteiger partial charge in [0.2, 0.25) is 5.03 Å². The van der Waals surface area contributed by atoms with E-state index in [2.05, 4.69) is 14.4 Å². The number of hydrogen-bond donors (Lipinski definition) is 1. The van der Waals surface area contributed by atoms with Gasteiger partial charge in [-0.15, -0.1) is 0 Å². The first-order valence-corrected chi connectivity index (χ1v) is 4.11. The topological polar surface area (TPSA) is 72.2 Å². The monoisotopic (exact) mass is 160 g/mol. The molecule has 0 unspecified atom stereocenters. The average molecular weight is 160 g/mol. The molecule has 0 aliphatic carbocycles. The van der Waals surface area contributed by atoms with Crippen molar-refractivity contribution in [3.63, 3.8) is 0 Å². The van der Waals surface area contributed by atoms with Gasteiger partial charge in [0.1, 0.15) is 6.26 Å². The first-order valence-electron chi connectivity index (χ1n) is 2.63. The summed E-state index contributed by atoms with van der Waals surface area (Å²) in [6.45, 7) is 0.293. The molecule has 0 fully saturated rings. The van der Waals surface area contributed by atoms with E-state index in [1.54, 1.807) is 0 Å². The van der Waals surface area contributed by atoms with Crippen LogP contribution in [0.1, 0.15) is 5.56 Å². The van der Waals surface area contributed by atoms with Crippen LogP contribution in [0.15, 0.2) is 15.8 Å². The zero-order valence-corrected chi connectivity index (χ0v) is 5.68. The van der Waals surface area contributed by atoms with Gasteiger partial charge in [0.25, 0.3) is 10.0 Å². The second-order valence-corrected chi connectivity index (χ2v) is 3.65. The molecule has 2 rings (SSSR count). The maximum Gasteiger partial charge on any atom is 0.262 e. The molecule has 54 valence electrons. The normalized spacial score (nSPS) is 20.8. The van der Waals surface area contributed by atoms with Crippen LogP contribution in [0.25, 0.3) is 0 Å². The van der Waals surface area contributed by atoms with Gasteiger partial charge in [0.15, 0.2) is 0 Å². The van der Waals surface area contributed by atoms with Crippen LogP contribution < -0.4 is 4.72 Å². The Kier molecular flexibility index (Phi) is 0.930. The molecule has 5 nitrogen and oxygen atoms in total. The lowest BCUT2D eigenvalue weighted by Crippen LogP contribution is -2.14. The summed E-state index contributed by atoms with van der Waals surface area (Å²) in [6.07, 6.45) is 1.33. The maximum atomic E-state index is 10.9. The molecule has 0 saturated heterocycles. The third kappa shape index (κ3) is 0.598. The molecule has 1 aliphatic heterocycles. The number of aromatic nitrogens is 1. The van der Waals surface area contributed by atoms with Gasteiger partial charge in [-0.05, 0) is 0 Å². The number of rotatable bonds is 0. The van der Waals surface area contributed by atoms with Crippen LogP contribution in [-0.4, -0.2) is 13.6 Å². The molecule has 6 heteroatoms. The first kappa shape index (κ1) is 5.87. The fourth-order valence-electron chi connectivity index (χ4n) is 0.827. The van der Waals surface area contributed by atoms with Gasteiger partial charge in [-0.1, -0.05) is 5.16 Å². The Labute approximate surface area is 57.1 Å². The molecule has 0 radical (unpaired) electrons. The Balaban J connectivity index is 2.76. The van der Waals surface area contributed by atoms with Gasteiger partial charge >= 0.3 is 0 Å². The van der Waals surface area contributed by atoms with Crippen LogP contribution in [-0.2, 0) is 16.6 Å². The molecule has 2 heterocycles. The zero-order valence-electron chi connectivity index (χ0n) is 4.86. The summed E-state index contributed by atoms with van der Waals surface area (Å²) < 4.78 is 28.5. The van der Waals surface area contributed by atoms with E-state index >= 15 is 0 Å². The van der Waals surface area contributed by atoms with Crippen LogP contribution in [0, 0.1) is 0 Å². The Bertz CT molecular complexity index is 352. The molecule has 0 spiro atoms. The van der Waals surface area contributed by atoms with E-state index in [1.807, 2.05) is 0 Å². The quantitative estimate of drug-likeness (QED) is 0.553. The minimum Gasteiger partial charge on any atom is -0.363 e. The molecule has 0 bridgehead atoms. The zero-order chi connectivity index (χ0) is 7.19. The number of sulfonamides is 1. The Morgan fingerprint density at radius 2 is 2.50 bits per heavy atom. The third-order valence-corrected chi connectivity index (χ3v) is 2.68. The summed E-state index contributed by atoms with van der Waals surface area (Å²) in [4.78, 5) is 0. The van der Waals surface area contributed by atoms with E-state index in [0.29, 0.717) is 12.1 Å². The molecule has 10 heavy (non-hydrogen) atoms. The molecule has 0 atom stereocenters. The lowest BCUT2D eigenvalue weighted by Gasteiger charge is -1.87. The van der Waals surface area contributed by atoms with Crippen LogP contribution in [0.5, 0.6) is 0 Å². The van der Waals surface area contributed by atoms with Crippen LogP contribution in [0.2, 0.25) is 0 Å². The highest BCUT2D eigenvalue weighted by atomic mass is 32.2. The molecule has 1 N–H and O–H groups in total. The second-order valence-electron chi connectivity index (χ2n) is 1.97. The van der Waals surface area contributed by atoms with E-state index in [0.717, 1.165) is 0 Å². The number of fused-ring (bicyclic) bond motifs is 1. The van der Waals surface area contributed by atoms with Gasteiger partial charge in [-0.2, -0.15) is 0 Å². The summed E-state index contributed by atoms with van der Waals surface area (Å²) in [7, 11) is -3.32. The summed E-state index contributed by atoms with van der Waals surface area (Å²) in [5.41, 5.74) is 0.597. The number of hydrogen-bond acceptors (Lipinski definition) is 4. The van der Waals surface area contributed by atoms with Crippen molar-refractivity contribution >= 4 is 10.0 Å². The van der Waals surface area contributed by atoms with E-state index in [4.69, 9.17) is 0 Å². The first-order chi connectivity index (χ1) is 4.70. The summed E-state index contributed by atoms with van der Waals surface area (Å²) in [5.74, 6) is 0. The van der Waals surface area contributed by atoms with Gasteiger partial charge in [0.05, 0.1) is 0 Å². The van der Waals surface area contributed by atoms with Crippen LogP contribution in [0.4, 0.5) is 0 Å². The largest absolute Gasteiger partial charge is 0.363 e. The SMILES string of the molecule is O=S1(=O)NCc2conc21. The highest BCUT2D eigenvalue weighted by Gasteiger charge is 2.29. The Morgan fingerprint density at radius 1 is 1.70 bits per heavy atom. The summed E-state index contributed by atoms with van der Waals surface area (Å²) in [6, 6.07) is 0. The molecule has 0 aromatic carbocycles. The molecule has 0 amide bonds. The molecular weight excluding hydrogens is 156 g/mol. The Morgan fingerprint density at radius 3 is 3.20 bits per heavy atom. The van der Waals surface area contributed by atoms with Crippen molar-refractivity contribution in [2.75, 3.05) is 0 Å². The standard InChI is InChI=1S/C4H4N2O3S/c7-10(8)4-3(1-5-10)2-9-6-4/h2,5H,1H2. The van der Waals surface area contributed by atoms with Crippen molar-refractivity contribution in [2.45, 2.75) is 11.6 Å². The highest BCUT2D eigenvalue weighted by molar-refractivity contribution is 7.89. The maximum absolute atomic E-state index is 10.9. The number of nitrogens with zero attached hydrogens (tertiary/aromatic N) is 1. The van der Waals surface area contributed by atoms with Crippen molar-refractivity contribution < 1.29 is 12.9 Å². The van der Waals surface area contributed by atoms with E-state index in [9.17, 15) is 8.42 Å². The van der Waals surface area contributed by atoms with Gasteiger partial charge in [0, 0.05) is 12.1 Å². The Hall–Kier alpha value is -0.880. The second kappa shape index (κ2) is 1.58. The molecular formula is C4H4N2O3S. The van der Waals surface area contributed by atoms with Crippen LogP contribution >= 0.6 is 0 Å². The predicted octanol–water partition coefficient (Wildman–Crippen LogP) is -0.534. The minimum absolute atomic E-state index is 0.0208. The van der Waals surface area contributed by atoms with Crippen molar-refractivity contribution in [3.05, 3.63) is 11.8 Å². The lowest BCUT2D eigenvalue weighted by molar-refractivity contribution is 0.399. The van der Waals surface area contributed by atoms with Gasteiger partial charge in [-0.3, -0.25) is 0 Å². The van der Waals surface area contributed by atoms with E-state index in [-0.39, 0.29) is 5.03 Å². The van der Waals surface area contributed by atoms with Crippen molar-refractivity contribution in [3.8, 4) is 0 Å². The minimum atomic E-state index is -3.32. The molecule has 1 aromatic heterocycles. The third-order valence-electron chi connectivity index (χ3n) is 1.31. The summed E-state index contributed by atoms with van der Waals surface area (Å²) >= 11 is 0. The van der Waals surface area contributed by atoms with Crippen LogP contribution in [0.3, 0.4) is 0 Å². The molecule has 1 aliphatic rings. The summed E-state index contributed by atoms with van der Waals surface area (Å²) in [5, 5.41) is 3.34. The smallest absolute Gasteiger partial charge is 0.262 e. The molecule has 1 aromatic rings.